The lowest BCUT2D eigenvalue weighted by atomic mass is 10.2. The molecule has 0 N–H and O–H groups in total. The standard InChI is InChI=1S/C27H28N4O3S/c1-29(14-20-13-28-31(15-20)23-7-5-8-24(12-23)33-2)27(32)18-30-16-21-6-3-4-9-25(21)34-26(17-30)22-10-11-35-19-22/h3-13,15,19,26H,14,16-18H2,1-2H3/t26-/m1/s1. The maximum Gasteiger partial charge on any atom is 0.236 e. The molecule has 0 unspecified atom stereocenters. The Morgan fingerprint density at radius 3 is 2.94 bits per heavy atom. The molecule has 1 amide bonds. The molecule has 2 aromatic heterocycles. The van der Waals surface area contributed by atoms with E-state index in [9.17, 15) is 4.79 Å². The zero-order valence-electron chi connectivity index (χ0n) is 19.8. The van der Waals surface area contributed by atoms with Crippen LogP contribution in [0.2, 0.25) is 0 Å². The summed E-state index contributed by atoms with van der Waals surface area (Å²) in [6.45, 7) is 2.12. The third-order valence-corrected chi connectivity index (χ3v) is 6.83. The monoisotopic (exact) mass is 488 g/mol. The second kappa shape index (κ2) is 10.3. The van der Waals surface area contributed by atoms with E-state index in [0.717, 1.165) is 33.9 Å². The van der Waals surface area contributed by atoms with Crippen LogP contribution in [0, 0.1) is 0 Å². The normalized spacial score (nSPS) is 15.7. The molecule has 4 aromatic rings. The van der Waals surface area contributed by atoms with E-state index in [1.807, 2.05) is 55.7 Å². The van der Waals surface area contributed by atoms with Crippen molar-refractivity contribution in [2.45, 2.75) is 19.2 Å². The number of benzene rings is 2. The molecule has 0 bridgehead atoms. The topological polar surface area (TPSA) is 59.8 Å². The van der Waals surface area contributed by atoms with Gasteiger partial charge in [0.2, 0.25) is 5.91 Å². The fourth-order valence-electron chi connectivity index (χ4n) is 4.24. The fourth-order valence-corrected chi connectivity index (χ4v) is 4.94. The highest BCUT2D eigenvalue weighted by atomic mass is 32.1. The van der Waals surface area contributed by atoms with Crippen molar-refractivity contribution in [2.75, 3.05) is 27.2 Å². The molecule has 0 radical (unpaired) electrons. The minimum absolute atomic E-state index is 0.0579. The number of carbonyl (C=O) groups excluding carboxylic acids is 1. The molecule has 1 aliphatic heterocycles. The van der Waals surface area contributed by atoms with E-state index in [4.69, 9.17) is 9.47 Å². The van der Waals surface area contributed by atoms with Crippen LogP contribution in [0.5, 0.6) is 11.5 Å². The summed E-state index contributed by atoms with van der Waals surface area (Å²) in [5.41, 5.74) is 4.11. The molecule has 2 aromatic carbocycles. The van der Waals surface area contributed by atoms with E-state index in [-0.39, 0.29) is 12.0 Å². The number of ether oxygens (including phenoxy) is 2. The zero-order chi connectivity index (χ0) is 24.2. The number of amides is 1. The van der Waals surface area contributed by atoms with Crippen molar-refractivity contribution in [1.29, 1.82) is 0 Å². The van der Waals surface area contributed by atoms with Gasteiger partial charge in [-0.25, -0.2) is 4.68 Å². The molecule has 8 heteroatoms. The van der Waals surface area contributed by atoms with Crippen molar-refractivity contribution in [2.24, 2.45) is 0 Å². The molecule has 7 nitrogen and oxygen atoms in total. The first-order valence-electron chi connectivity index (χ1n) is 11.5. The van der Waals surface area contributed by atoms with Gasteiger partial charge in [0, 0.05) is 55.6 Å². The van der Waals surface area contributed by atoms with Crippen molar-refractivity contribution >= 4 is 17.2 Å². The van der Waals surface area contributed by atoms with Gasteiger partial charge in [-0.2, -0.15) is 16.4 Å². The molecule has 35 heavy (non-hydrogen) atoms. The summed E-state index contributed by atoms with van der Waals surface area (Å²) in [7, 11) is 3.48. The first kappa shape index (κ1) is 23.1. The van der Waals surface area contributed by atoms with Crippen molar-refractivity contribution in [1.82, 2.24) is 19.6 Å². The molecule has 0 fully saturated rings. The van der Waals surface area contributed by atoms with Crippen LogP contribution in [0.4, 0.5) is 0 Å². The number of rotatable bonds is 7. The Balaban J connectivity index is 1.26. The number of hydrogen-bond acceptors (Lipinski definition) is 6. The summed E-state index contributed by atoms with van der Waals surface area (Å²) >= 11 is 1.66. The molecule has 1 atom stereocenters. The number of hydrogen-bond donors (Lipinski definition) is 0. The Bertz CT molecular complexity index is 1290. The predicted molar refractivity (Wildman–Crippen MR) is 136 cm³/mol. The van der Waals surface area contributed by atoms with E-state index in [2.05, 4.69) is 32.9 Å². The van der Waals surface area contributed by atoms with Crippen molar-refractivity contribution in [3.8, 4) is 17.2 Å². The molecule has 0 spiro atoms. The number of fused-ring (bicyclic) bond motifs is 1. The number of aromatic nitrogens is 2. The largest absolute Gasteiger partial charge is 0.497 e. The fraction of sp³-hybridized carbons (Fsp3) is 0.259. The number of carbonyl (C=O) groups is 1. The summed E-state index contributed by atoms with van der Waals surface area (Å²) < 4.78 is 13.5. The Kier molecular flexibility index (Phi) is 6.83. The molecular weight excluding hydrogens is 460 g/mol. The van der Waals surface area contributed by atoms with E-state index < -0.39 is 0 Å². The predicted octanol–water partition coefficient (Wildman–Crippen LogP) is 4.54. The zero-order valence-corrected chi connectivity index (χ0v) is 20.6. The molecule has 0 saturated heterocycles. The van der Waals surface area contributed by atoms with Gasteiger partial charge in [0.15, 0.2) is 0 Å². The van der Waals surface area contributed by atoms with Gasteiger partial charge in [-0.05, 0) is 35.0 Å². The van der Waals surface area contributed by atoms with Gasteiger partial charge in [-0.15, -0.1) is 0 Å². The quantitative estimate of drug-likeness (QED) is 0.382. The maximum atomic E-state index is 13.2. The molecular formula is C27H28N4O3S. The lowest BCUT2D eigenvalue weighted by Crippen LogP contribution is -2.39. The SMILES string of the molecule is COc1cccc(-n2cc(CN(C)C(=O)CN3Cc4ccccc4O[C@@H](c4ccsc4)C3)cn2)c1. The van der Waals surface area contributed by atoms with Gasteiger partial charge in [0.05, 0.1) is 25.5 Å². The Labute approximate surface area is 209 Å². The highest BCUT2D eigenvalue weighted by Gasteiger charge is 2.26. The third kappa shape index (κ3) is 5.39. The number of nitrogens with zero attached hydrogens (tertiary/aromatic N) is 4. The highest BCUT2D eigenvalue weighted by molar-refractivity contribution is 7.07. The van der Waals surface area contributed by atoms with Gasteiger partial charge in [0.1, 0.15) is 17.6 Å². The van der Waals surface area contributed by atoms with Crippen LogP contribution in [0.25, 0.3) is 5.69 Å². The number of para-hydroxylation sites is 1. The van der Waals surface area contributed by atoms with Crippen LogP contribution in [0.3, 0.4) is 0 Å². The van der Waals surface area contributed by atoms with E-state index in [1.165, 1.54) is 0 Å². The average Bonchev–Trinajstić information content (AvgIpc) is 3.54. The van der Waals surface area contributed by atoms with Crippen LogP contribution < -0.4 is 9.47 Å². The van der Waals surface area contributed by atoms with Crippen molar-refractivity contribution < 1.29 is 14.3 Å². The first-order valence-corrected chi connectivity index (χ1v) is 12.4. The van der Waals surface area contributed by atoms with Gasteiger partial charge in [-0.1, -0.05) is 24.3 Å². The lowest BCUT2D eigenvalue weighted by Gasteiger charge is -2.25. The Morgan fingerprint density at radius 2 is 2.11 bits per heavy atom. The molecule has 3 heterocycles. The van der Waals surface area contributed by atoms with Crippen LogP contribution >= 0.6 is 11.3 Å². The van der Waals surface area contributed by atoms with E-state index in [1.54, 1.807) is 34.2 Å². The van der Waals surface area contributed by atoms with E-state index >= 15 is 0 Å². The lowest BCUT2D eigenvalue weighted by molar-refractivity contribution is -0.132. The van der Waals surface area contributed by atoms with Crippen LogP contribution in [0.1, 0.15) is 22.8 Å². The van der Waals surface area contributed by atoms with Crippen LogP contribution in [-0.4, -0.2) is 52.7 Å². The Morgan fingerprint density at radius 1 is 1.23 bits per heavy atom. The highest BCUT2D eigenvalue weighted by Crippen LogP contribution is 2.31. The first-order chi connectivity index (χ1) is 17.1. The summed E-state index contributed by atoms with van der Waals surface area (Å²) in [6.07, 6.45) is 3.64. The molecule has 180 valence electrons. The van der Waals surface area contributed by atoms with Crippen LogP contribution in [0.15, 0.2) is 77.8 Å². The summed E-state index contributed by atoms with van der Waals surface area (Å²) in [5, 5.41) is 8.64. The maximum absolute atomic E-state index is 13.2. The average molecular weight is 489 g/mol. The van der Waals surface area contributed by atoms with Crippen molar-refractivity contribution in [3.05, 3.63) is 94.4 Å². The van der Waals surface area contributed by atoms with Gasteiger partial charge >= 0.3 is 0 Å². The summed E-state index contributed by atoms with van der Waals surface area (Å²) in [6, 6.07) is 17.9. The second-order valence-corrected chi connectivity index (χ2v) is 9.46. The Hall–Kier alpha value is -3.62. The second-order valence-electron chi connectivity index (χ2n) is 8.68. The minimum atomic E-state index is -0.107. The van der Waals surface area contributed by atoms with Crippen LogP contribution in [-0.2, 0) is 17.9 Å². The molecule has 1 aliphatic rings. The summed E-state index contributed by atoms with van der Waals surface area (Å²) in [5.74, 6) is 1.72. The van der Waals surface area contributed by atoms with Gasteiger partial charge in [-0.3, -0.25) is 9.69 Å². The van der Waals surface area contributed by atoms with Crippen molar-refractivity contribution in [3.63, 3.8) is 0 Å². The summed E-state index contributed by atoms with van der Waals surface area (Å²) in [4.78, 5) is 17.1. The number of methoxy groups -OCH3 is 1. The smallest absolute Gasteiger partial charge is 0.236 e. The molecule has 0 saturated carbocycles. The van der Waals surface area contributed by atoms with Gasteiger partial charge < -0.3 is 14.4 Å². The number of thiophene rings is 1. The molecule has 0 aliphatic carbocycles. The third-order valence-electron chi connectivity index (χ3n) is 6.13. The van der Waals surface area contributed by atoms with Gasteiger partial charge in [0.25, 0.3) is 0 Å². The van der Waals surface area contributed by atoms with E-state index in [0.29, 0.717) is 26.2 Å². The minimum Gasteiger partial charge on any atom is -0.497 e. The number of likely N-dealkylation sites (N-methyl/N-ethyl adjacent to an activating group) is 1. The molecule has 5 rings (SSSR count).